The summed E-state index contributed by atoms with van der Waals surface area (Å²) in [7, 11) is 3.01. The fourth-order valence-electron chi connectivity index (χ4n) is 3.34. The minimum absolute atomic E-state index is 0.188. The SMILES string of the molecule is COC(=O)c1cccc(C(=O)Nc2cc(-c3ccc(NC(=O)c4ccccc4)cc3)nn2C)c1. The third kappa shape index (κ3) is 5.02. The minimum atomic E-state index is -0.513. The number of esters is 1. The van der Waals surface area contributed by atoms with Gasteiger partial charge >= 0.3 is 5.97 Å². The van der Waals surface area contributed by atoms with Gasteiger partial charge in [-0.1, -0.05) is 36.4 Å². The molecule has 0 saturated carbocycles. The first kappa shape index (κ1) is 22.5. The molecule has 34 heavy (non-hydrogen) atoms. The molecule has 0 atom stereocenters. The van der Waals surface area contributed by atoms with Crippen molar-refractivity contribution < 1.29 is 19.1 Å². The van der Waals surface area contributed by atoms with Gasteiger partial charge in [-0.15, -0.1) is 0 Å². The lowest BCUT2D eigenvalue weighted by Crippen LogP contribution is -2.15. The Kier molecular flexibility index (Phi) is 6.49. The molecular weight excluding hydrogens is 432 g/mol. The number of rotatable bonds is 6. The second-order valence-electron chi connectivity index (χ2n) is 7.46. The summed E-state index contributed by atoms with van der Waals surface area (Å²) in [5.41, 5.74) is 3.33. The molecule has 0 spiro atoms. The lowest BCUT2D eigenvalue weighted by Gasteiger charge is -2.06. The van der Waals surface area contributed by atoms with Crippen LogP contribution in [0.15, 0.2) is 84.9 Å². The summed E-state index contributed by atoms with van der Waals surface area (Å²) in [6.07, 6.45) is 0. The summed E-state index contributed by atoms with van der Waals surface area (Å²) in [6.45, 7) is 0. The molecule has 2 amide bonds. The molecule has 3 aromatic carbocycles. The largest absolute Gasteiger partial charge is 0.465 e. The number of aryl methyl sites for hydroxylation is 1. The van der Waals surface area contributed by atoms with Gasteiger partial charge in [-0.2, -0.15) is 5.10 Å². The standard InChI is InChI=1S/C26H22N4O4/c1-30-23(28-25(32)19-9-6-10-20(15-19)26(33)34-2)16-22(29-30)17-11-13-21(14-12-17)27-24(31)18-7-4-3-5-8-18/h3-16H,1-2H3,(H,27,31)(H,28,32). The first-order valence-corrected chi connectivity index (χ1v) is 10.4. The fraction of sp³-hybridized carbons (Fsp3) is 0.0769. The van der Waals surface area contributed by atoms with Crippen molar-refractivity contribution >= 4 is 29.3 Å². The van der Waals surface area contributed by atoms with Crippen molar-refractivity contribution in [2.45, 2.75) is 0 Å². The second kappa shape index (κ2) is 9.83. The monoisotopic (exact) mass is 454 g/mol. The van der Waals surface area contributed by atoms with Gasteiger partial charge in [0, 0.05) is 35.5 Å². The summed E-state index contributed by atoms with van der Waals surface area (Å²) >= 11 is 0. The second-order valence-corrected chi connectivity index (χ2v) is 7.46. The zero-order valence-electron chi connectivity index (χ0n) is 18.6. The predicted octanol–water partition coefficient (Wildman–Crippen LogP) is 4.38. The molecule has 0 aliphatic carbocycles. The normalized spacial score (nSPS) is 10.4. The Morgan fingerprint density at radius 3 is 2.12 bits per heavy atom. The molecule has 0 bridgehead atoms. The Hall–Kier alpha value is -4.72. The molecule has 0 aliphatic rings. The third-order valence-corrected chi connectivity index (χ3v) is 5.14. The topological polar surface area (TPSA) is 102 Å². The highest BCUT2D eigenvalue weighted by Gasteiger charge is 2.14. The zero-order chi connectivity index (χ0) is 24.1. The number of nitrogens with zero attached hydrogens (tertiary/aromatic N) is 2. The molecule has 0 unspecified atom stereocenters. The van der Waals surface area contributed by atoms with Crippen LogP contribution in [0.25, 0.3) is 11.3 Å². The van der Waals surface area contributed by atoms with Crippen LogP contribution in [0.3, 0.4) is 0 Å². The molecule has 1 aromatic heterocycles. The van der Waals surface area contributed by atoms with Crippen molar-refractivity contribution in [2.24, 2.45) is 7.05 Å². The quantitative estimate of drug-likeness (QED) is 0.421. The van der Waals surface area contributed by atoms with Crippen molar-refractivity contribution in [3.8, 4) is 11.3 Å². The predicted molar refractivity (Wildman–Crippen MR) is 129 cm³/mol. The summed E-state index contributed by atoms with van der Waals surface area (Å²) in [6, 6.07) is 24.3. The lowest BCUT2D eigenvalue weighted by atomic mass is 10.1. The minimum Gasteiger partial charge on any atom is -0.465 e. The van der Waals surface area contributed by atoms with E-state index in [1.807, 2.05) is 30.3 Å². The Balaban J connectivity index is 1.46. The van der Waals surface area contributed by atoms with Crippen molar-refractivity contribution in [2.75, 3.05) is 17.7 Å². The van der Waals surface area contributed by atoms with Gasteiger partial charge in [-0.25, -0.2) is 4.79 Å². The Morgan fingerprint density at radius 1 is 0.765 bits per heavy atom. The fourth-order valence-corrected chi connectivity index (χ4v) is 3.34. The lowest BCUT2D eigenvalue weighted by molar-refractivity contribution is 0.0600. The van der Waals surface area contributed by atoms with Gasteiger partial charge in [0.15, 0.2) is 0 Å². The van der Waals surface area contributed by atoms with Gasteiger partial charge in [0.05, 0.1) is 18.4 Å². The van der Waals surface area contributed by atoms with Crippen LogP contribution in [-0.2, 0) is 11.8 Å². The van der Waals surface area contributed by atoms with Crippen LogP contribution in [0, 0.1) is 0 Å². The number of aromatic nitrogens is 2. The molecule has 0 aliphatic heterocycles. The van der Waals surface area contributed by atoms with E-state index < -0.39 is 5.97 Å². The molecule has 0 fully saturated rings. The highest BCUT2D eigenvalue weighted by Crippen LogP contribution is 2.24. The maximum Gasteiger partial charge on any atom is 0.337 e. The van der Waals surface area contributed by atoms with E-state index in [4.69, 9.17) is 4.74 Å². The van der Waals surface area contributed by atoms with Gasteiger partial charge < -0.3 is 15.4 Å². The molecule has 0 saturated heterocycles. The highest BCUT2D eigenvalue weighted by molar-refractivity contribution is 6.06. The summed E-state index contributed by atoms with van der Waals surface area (Å²) < 4.78 is 6.26. The Morgan fingerprint density at radius 2 is 1.41 bits per heavy atom. The van der Waals surface area contributed by atoms with Crippen molar-refractivity contribution in [3.05, 3.63) is 102 Å². The van der Waals surface area contributed by atoms with E-state index in [9.17, 15) is 14.4 Å². The first-order valence-electron chi connectivity index (χ1n) is 10.4. The smallest absolute Gasteiger partial charge is 0.337 e. The Bertz CT molecular complexity index is 1340. The molecule has 1 heterocycles. The van der Waals surface area contributed by atoms with Crippen LogP contribution in [0.2, 0.25) is 0 Å². The summed E-state index contributed by atoms with van der Waals surface area (Å²) in [4.78, 5) is 36.7. The number of methoxy groups -OCH3 is 1. The number of benzene rings is 3. The number of hydrogen-bond acceptors (Lipinski definition) is 5. The highest BCUT2D eigenvalue weighted by atomic mass is 16.5. The average molecular weight is 454 g/mol. The molecule has 4 rings (SSSR count). The molecule has 170 valence electrons. The maximum absolute atomic E-state index is 12.7. The number of hydrogen-bond donors (Lipinski definition) is 2. The number of carbonyl (C=O) groups is 3. The van der Waals surface area contributed by atoms with E-state index in [1.54, 1.807) is 60.3 Å². The van der Waals surface area contributed by atoms with E-state index in [1.165, 1.54) is 13.2 Å². The van der Waals surface area contributed by atoms with Crippen molar-refractivity contribution in [1.82, 2.24) is 9.78 Å². The average Bonchev–Trinajstić information content (AvgIpc) is 3.24. The maximum atomic E-state index is 12.7. The van der Waals surface area contributed by atoms with Crippen LogP contribution < -0.4 is 10.6 Å². The van der Waals surface area contributed by atoms with Gasteiger partial charge in [0.25, 0.3) is 11.8 Å². The van der Waals surface area contributed by atoms with Crippen LogP contribution in [0.4, 0.5) is 11.5 Å². The summed E-state index contributed by atoms with van der Waals surface area (Å²) in [5.74, 6) is -0.586. The molecule has 4 aromatic rings. The third-order valence-electron chi connectivity index (χ3n) is 5.14. The van der Waals surface area contributed by atoms with Gasteiger partial charge in [0.1, 0.15) is 5.82 Å². The molecule has 0 radical (unpaired) electrons. The van der Waals surface area contributed by atoms with Crippen LogP contribution in [0.5, 0.6) is 0 Å². The van der Waals surface area contributed by atoms with Crippen molar-refractivity contribution in [1.29, 1.82) is 0 Å². The number of nitrogens with one attached hydrogen (secondary N) is 2. The van der Waals surface area contributed by atoms with E-state index in [0.717, 1.165) is 5.56 Å². The molecular formula is C26H22N4O4. The van der Waals surface area contributed by atoms with Gasteiger partial charge in [0.2, 0.25) is 0 Å². The summed E-state index contributed by atoms with van der Waals surface area (Å²) in [5, 5.41) is 10.1. The van der Waals surface area contributed by atoms with Gasteiger partial charge in [-0.3, -0.25) is 14.3 Å². The molecule has 2 N–H and O–H groups in total. The zero-order valence-corrected chi connectivity index (χ0v) is 18.6. The Labute approximate surface area is 196 Å². The van der Waals surface area contributed by atoms with E-state index in [0.29, 0.717) is 33.9 Å². The number of amides is 2. The number of ether oxygens (including phenoxy) is 1. The molecule has 8 nitrogen and oxygen atoms in total. The van der Waals surface area contributed by atoms with E-state index >= 15 is 0 Å². The van der Waals surface area contributed by atoms with Crippen LogP contribution >= 0.6 is 0 Å². The van der Waals surface area contributed by atoms with Gasteiger partial charge in [-0.05, 0) is 42.5 Å². The molecule has 8 heteroatoms. The van der Waals surface area contributed by atoms with Crippen LogP contribution in [-0.4, -0.2) is 34.7 Å². The van der Waals surface area contributed by atoms with E-state index in [-0.39, 0.29) is 11.8 Å². The van der Waals surface area contributed by atoms with E-state index in [2.05, 4.69) is 15.7 Å². The number of carbonyl (C=O) groups excluding carboxylic acids is 3. The number of anilines is 2. The van der Waals surface area contributed by atoms with Crippen LogP contribution in [0.1, 0.15) is 31.1 Å². The first-order chi connectivity index (χ1) is 16.4. The van der Waals surface area contributed by atoms with Crippen molar-refractivity contribution in [3.63, 3.8) is 0 Å².